The van der Waals surface area contributed by atoms with E-state index in [1.165, 1.54) is 4.90 Å². The lowest BCUT2D eigenvalue weighted by Gasteiger charge is -2.36. The molecule has 2 aromatic rings. The number of esters is 1. The van der Waals surface area contributed by atoms with Gasteiger partial charge in [0.05, 0.1) is 13.7 Å². The Hall–Kier alpha value is -2.86. The molecule has 0 aliphatic carbocycles. The van der Waals surface area contributed by atoms with Crippen LogP contribution in [0, 0.1) is 0 Å². The molecule has 0 spiro atoms. The summed E-state index contributed by atoms with van der Waals surface area (Å²) in [4.78, 5) is 27.7. The molecule has 0 radical (unpaired) electrons. The summed E-state index contributed by atoms with van der Waals surface area (Å²) in [5.74, 6) is -0.772. The fourth-order valence-electron chi connectivity index (χ4n) is 4.53. The topological polar surface area (TPSA) is 76.1 Å². The Labute approximate surface area is 157 Å². The summed E-state index contributed by atoms with van der Waals surface area (Å²) in [5, 5.41) is 10.8. The molecule has 2 aliphatic heterocycles. The van der Waals surface area contributed by atoms with Crippen LogP contribution in [-0.2, 0) is 15.1 Å². The van der Waals surface area contributed by atoms with Gasteiger partial charge in [0.2, 0.25) is 0 Å². The summed E-state index contributed by atoms with van der Waals surface area (Å²) in [6.07, 6.45) is -0.872. The largest absolute Gasteiger partial charge is 0.496 e. The summed E-state index contributed by atoms with van der Waals surface area (Å²) >= 11 is 0. The quantitative estimate of drug-likeness (QED) is 0.840. The van der Waals surface area contributed by atoms with Crippen LogP contribution in [0.1, 0.15) is 40.7 Å². The lowest BCUT2D eigenvalue weighted by Crippen LogP contribution is -2.51. The van der Waals surface area contributed by atoms with Gasteiger partial charge in [-0.2, -0.15) is 0 Å². The van der Waals surface area contributed by atoms with E-state index >= 15 is 0 Å². The monoisotopic (exact) mass is 367 g/mol. The molecular formula is C21H21NO5. The van der Waals surface area contributed by atoms with Gasteiger partial charge in [0.25, 0.3) is 5.91 Å². The van der Waals surface area contributed by atoms with Crippen LogP contribution in [0.5, 0.6) is 5.75 Å². The molecule has 2 aliphatic rings. The summed E-state index contributed by atoms with van der Waals surface area (Å²) in [6.45, 7) is 1.91. The highest BCUT2D eigenvalue weighted by molar-refractivity contribution is 6.07. The molecule has 0 unspecified atom stereocenters. The second kappa shape index (κ2) is 6.39. The number of benzene rings is 2. The maximum atomic E-state index is 13.3. The van der Waals surface area contributed by atoms with Crippen molar-refractivity contribution in [2.75, 3.05) is 13.7 Å². The molecule has 0 bridgehead atoms. The number of fused-ring (bicyclic) bond motifs is 3. The van der Waals surface area contributed by atoms with E-state index in [9.17, 15) is 14.7 Å². The summed E-state index contributed by atoms with van der Waals surface area (Å²) < 4.78 is 10.9. The van der Waals surface area contributed by atoms with Crippen LogP contribution in [0.25, 0.3) is 0 Å². The fourth-order valence-corrected chi connectivity index (χ4v) is 4.53. The van der Waals surface area contributed by atoms with Crippen LogP contribution in [0.2, 0.25) is 0 Å². The zero-order valence-electron chi connectivity index (χ0n) is 15.2. The van der Waals surface area contributed by atoms with E-state index in [-0.39, 0.29) is 18.9 Å². The van der Waals surface area contributed by atoms with Gasteiger partial charge in [-0.15, -0.1) is 0 Å². The predicted molar refractivity (Wildman–Crippen MR) is 97.3 cm³/mol. The number of para-hydroxylation sites is 1. The van der Waals surface area contributed by atoms with E-state index < -0.39 is 23.7 Å². The number of amides is 1. The van der Waals surface area contributed by atoms with Gasteiger partial charge in [0.1, 0.15) is 12.0 Å². The molecule has 6 heteroatoms. The molecule has 1 N–H and O–H groups in total. The number of rotatable bonds is 4. The van der Waals surface area contributed by atoms with Crippen molar-refractivity contribution in [2.24, 2.45) is 0 Å². The zero-order valence-corrected chi connectivity index (χ0v) is 15.2. The molecule has 1 saturated heterocycles. The Balaban J connectivity index is 2.01. The lowest BCUT2D eigenvalue weighted by molar-refractivity contribution is -0.158. The minimum absolute atomic E-state index is 0.180. The van der Waals surface area contributed by atoms with Crippen molar-refractivity contribution in [2.45, 2.75) is 31.0 Å². The van der Waals surface area contributed by atoms with Crippen LogP contribution in [0.3, 0.4) is 0 Å². The molecule has 1 fully saturated rings. The summed E-state index contributed by atoms with van der Waals surface area (Å²) in [6, 6.07) is 14.4. The Bertz CT molecular complexity index is 911. The van der Waals surface area contributed by atoms with Gasteiger partial charge in [-0.05, 0) is 19.1 Å². The van der Waals surface area contributed by atoms with Crippen molar-refractivity contribution in [3.05, 3.63) is 65.2 Å². The van der Waals surface area contributed by atoms with Crippen molar-refractivity contribution in [1.29, 1.82) is 0 Å². The standard InChI is InChI=1S/C21H21NO5/c1-3-27-20(25)21-15-10-6-4-9-14(15)19(24)22(21)18(23)12-16(21)13-8-5-7-11-17(13)26-2/h4-11,16,18,23H,3,12H2,1-2H3/t16-,18+,21+/m1/s1. The first-order valence-electron chi connectivity index (χ1n) is 8.98. The minimum Gasteiger partial charge on any atom is -0.496 e. The zero-order chi connectivity index (χ0) is 19.2. The van der Waals surface area contributed by atoms with Gasteiger partial charge in [0, 0.05) is 29.0 Å². The average Bonchev–Trinajstić information content (AvgIpc) is 3.14. The van der Waals surface area contributed by atoms with E-state index in [2.05, 4.69) is 0 Å². The van der Waals surface area contributed by atoms with Crippen LogP contribution in [0.15, 0.2) is 48.5 Å². The van der Waals surface area contributed by atoms with Crippen molar-refractivity contribution in [3.8, 4) is 5.75 Å². The van der Waals surface area contributed by atoms with Gasteiger partial charge in [0.15, 0.2) is 5.54 Å². The molecule has 3 atom stereocenters. The molecule has 27 heavy (non-hydrogen) atoms. The number of carbonyl (C=O) groups is 2. The Kier molecular flexibility index (Phi) is 4.15. The smallest absolute Gasteiger partial charge is 0.337 e. The predicted octanol–water partition coefficient (Wildman–Crippen LogP) is 2.42. The number of methoxy groups -OCH3 is 1. The van der Waals surface area contributed by atoms with Gasteiger partial charge in [-0.25, -0.2) is 4.79 Å². The van der Waals surface area contributed by atoms with Crippen LogP contribution >= 0.6 is 0 Å². The second-order valence-electron chi connectivity index (χ2n) is 6.72. The van der Waals surface area contributed by atoms with Gasteiger partial charge in [-0.3, -0.25) is 9.69 Å². The van der Waals surface area contributed by atoms with Crippen molar-refractivity contribution < 1.29 is 24.2 Å². The van der Waals surface area contributed by atoms with Gasteiger partial charge >= 0.3 is 5.97 Å². The van der Waals surface area contributed by atoms with Gasteiger partial charge < -0.3 is 14.6 Å². The highest BCUT2D eigenvalue weighted by atomic mass is 16.5. The maximum Gasteiger partial charge on any atom is 0.337 e. The SMILES string of the molecule is CCOC(=O)[C@@]12c3ccccc3C(=O)N1[C@@H](O)C[C@@H]2c1ccccc1OC. The Morgan fingerprint density at radius 2 is 1.93 bits per heavy atom. The molecule has 140 valence electrons. The molecule has 2 heterocycles. The average molecular weight is 367 g/mol. The number of aliphatic hydroxyl groups is 1. The molecule has 0 saturated carbocycles. The molecular weight excluding hydrogens is 346 g/mol. The number of hydrogen-bond donors (Lipinski definition) is 1. The number of nitrogens with zero attached hydrogens (tertiary/aromatic N) is 1. The summed E-state index contributed by atoms with van der Waals surface area (Å²) in [5.41, 5.74) is 0.349. The van der Waals surface area contributed by atoms with E-state index in [1.807, 2.05) is 24.3 Å². The first-order chi connectivity index (χ1) is 13.1. The third kappa shape index (κ3) is 2.23. The number of aliphatic hydroxyl groups excluding tert-OH is 1. The van der Waals surface area contributed by atoms with E-state index in [1.54, 1.807) is 38.3 Å². The third-order valence-electron chi connectivity index (χ3n) is 5.52. The normalized spacial score (nSPS) is 25.9. The number of ether oxygens (including phenoxy) is 2. The molecule has 0 aromatic heterocycles. The van der Waals surface area contributed by atoms with Gasteiger partial charge in [-0.1, -0.05) is 36.4 Å². The highest BCUT2D eigenvalue weighted by Gasteiger charge is 2.67. The van der Waals surface area contributed by atoms with Crippen LogP contribution in [-0.4, -0.2) is 41.8 Å². The first kappa shape index (κ1) is 17.5. The van der Waals surface area contributed by atoms with Crippen LogP contribution in [0.4, 0.5) is 0 Å². The Morgan fingerprint density at radius 3 is 2.67 bits per heavy atom. The number of hydrogen-bond acceptors (Lipinski definition) is 5. The molecule has 2 aromatic carbocycles. The van der Waals surface area contributed by atoms with E-state index in [0.717, 1.165) is 5.56 Å². The van der Waals surface area contributed by atoms with E-state index in [0.29, 0.717) is 16.9 Å². The first-order valence-corrected chi connectivity index (χ1v) is 8.98. The van der Waals surface area contributed by atoms with Crippen molar-refractivity contribution >= 4 is 11.9 Å². The highest BCUT2D eigenvalue weighted by Crippen LogP contribution is 2.58. The molecule has 6 nitrogen and oxygen atoms in total. The van der Waals surface area contributed by atoms with Crippen molar-refractivity contribution in [3.63, 3.8) is 0 Å². The fraction of sp³-hybridized carbons (Fsp3) is 0.333. The third-order valence-corrected chi connectivity index (χ3v) is 5.52. The molecule has 4 rings (SSSR count). The lowest BCUT2D eigenvalue weighted by atomic mass is 9.75. The maximum absolute atomic E-state index is 13.3. The second-order valence-corrected chi connectivity index (χ2v) is 6.72. The van der Waals surface area contributed by atoms with E-state index in [4.69, 9.17) is 9.47 Å². The van der Waals surface area contributed by atoms with Crippen molar-refractivity contribution in [1.82, 2.24) is 4.90 Å². The number of carbonyl (C=O) groups excluding carboxylic acids is 2. The summed E-state index contributed by atoms with van der Waals surface area (Å²) in [7, 11) is 1.56. The molecule has 1 amide bonds. The Morgan fingerprint density at radius 1 is 1.22 bits per heavy atom. The minimum atomic E-state index is -1.41. The van der Waals surface area contributed by atoms with Crippen LogP contribution < -0.4 is 4.74 Å².